The summed E-state index contributed by atoms with van der Waals surface area (Å²) in [5, 5.41) is 6.54. The van der Waals surface area contributed by atoms with Crippen molar-refractivity contribution < 1.29 is 0 Å². The average molecular weight is 270 g/mol. The molecule has 0 aliphatic rings. The van der Waals surface area contributed by atoms with Gasteiger partial charge in [0.05, 0.1) is 0 Å². The summed E-state index contributed by atoms with van der Waals surface area (Å²) in [6.07, 6.45) is 0. The standard InChI is InChI=1S/C16H22N4/c1-4-17-16-19-13(3)10-15(20-16)18-11-12(2)14-8-6-5-7-9-14/h5-10,12H,4,11H2,1-3H3,(H2,17,18,19,20). The van der Waals surface area contributed by atoms with E-state index in [0.29, 0.717) is 11.9 Å². The van der Waals surface area contributed by atoms with E-state index in [1.54, 1.807) is 0 Å². The van der Waals surface area contributed by atoms with Crippen LogP contribution < -0.4 is 10.6 Å². The minimum atomic E-state index is 0.439. The highest BCUT2D eigenvalue weighted by Gasteiger charge is 2.06. The quantitative estimate of drug-likeness (QED) is 0.844. The second-order valence-corrected chi connectivity index (χ2v) is 4.94. The van der Waals surface area contributed by atoms with E-state index < -0.39 is 0 Å². The minimum absolute atomic E-state index is 0.439. The molecule has 0 fully saturated rings. The summed E-state index contributed by atoms with van der Waals surface area (Å²) in [5.74, 6) is 1.99. The molecular formula is C16H22N4. The first kappa shape index (κ1) is 14.3. The lowest BCUT2D eigenvalue weighted by molar-refractivity contribution is 0.800. The van der Waals surface area contributed by atoms with Crippen LogP contribution in [0.5, 0.6) is 0 Å². The Morgan fingerprint density at radius 3 is 2.55 bits per heavy atom. The van der Waals surface area contributed by atoms with E-state index in [1.807, 2.05) is 26.0 Å². The van der Waals surface area contributed by atoms with Crippen LogP contribution in [0.15, 0.2) is 36.4 Å². The van der Waals surface area contributed by atoms with E-state index >= 15 is 0 Å². The second kappa shape index (κ2) is 6.89. The largest absolute Gasteiger partial charge is 0.369 e. The lowest BCUT2D eigenvalue weighted by Gasteiger charge is -2.14. The zero-order valence-corrected chi connectivity index (χ0v) is 12.4. The molecule has 1 atom stereocenters. The molecule has 0 saturated heterocycles. The van der Waals surface area contributed by atoms with E-state index in [9.17, 15) is 0 Å². The Hall–Kier alpha value is -2.10. The number of anilines is 2. The second-order valence-electron chi connectivity index (χ2n) is 4.94. The average Bonchev–Trinajstić information content (AvgIpc) is 2.45. The van der Waals surface area contributed by atoms with E-state index in [-0.39, 0.29) is 0 Å². The highest BCUT2D eigenvalue weighted by Crippen LogP contribution is 2.16. The van der Waals surface area contributed by atoms with E-state index in [0.717, 1.165) is 24.6 Å². The Balaban J connectivity index is 2.00. The van der Waals surface area contributed by atoms with Crippen LogP contribution in [0.4, 0.5) is 11.8 Å². The van der Waals surface area contributed by atoms with Crippen molar-refractivity contribution in [2.45, 2.75) is 26.7 Å². The van der Waals surface area contributed by atoms with Crippen LogP contribution in [0.1, 0.15) is 31.0 Å². The van der Waals surface area contributed by atoms with Gasteiger partial charge in [-0.15, -0.1) is 0 Å². The van der Waals surface area contributed by atoms with Gasteiger partial charge in [-0.25, -0.2) is 4.98 Å². The molecule has 0 bridgehead atoms. The molecule has 0 aliphatic heterocycles. The molecule has 2 aromatic rings. The molecule has 0 amide bonds. The number of rotatable bonds is 6. The molecule has 2 rings (SSSR count). The predicted octanol–water partition coefficient (Wildman–Crippen LogP) is 3.43. The van der Waals surface area contributed by atoms with Gasteiger partial charge in [-0.1, -0.05) is 37.3 Å². The van der Waals surface area contributed by atoms with Crippen molar-refractivity contribution in [3.63, 3.8) is 0 Å². The van der Waals surface area contributed by atoms with Gasteiger partial charge in [-0.3, -0.25) is 0 Å². The summed E-state index contributed by atoms with van der Waals surface area (Å²) < 4.78 is 0. The number of nitrogens with one attached hydrogen (secondary N) is 2. The summed E-state index contributed by atoms with van der Waals surface area (Å²) in [5.41, 5.74) is 2.29. The third-order valence-electron chi connectivity index (χ3n) is 3.15. The fourth-order valence-electron chi connectivity index (χ4n) is 2.05. The van der Waals surface area contributed by atoms with Crippen molar-refractivity contribution in [2.24, 2.45) is 0 Å². The molecule has 2 N–H and O–H groups in total. The molecule has 4 nitrogen and oxygen atoms in total. The normalized spacial score (nSPS) is 11.9. The first-order valence-electron chi connectivity index (χ1n) is 7.07. The Bertz CT molecular complexity index is 539. The molecular weight excluding hydrogens is 248 g/mol. The molecule has 1 aromatic carbocycles. The fourth-order valence-corrected chi connectivity index (χ4v) is 2.05. The van der Waals surface area contributed by atoms with Gasteiger partial charge in [-0.05, 0) is 25.3 Å². The summed E-state index contributed by atoms with van der Waals surface area (Å²) in [7, 11) is 0. The van der Waals surface area contributed by atoms with Crippen molar-refractivity contribution in [1.82, 2.24) is 9.97 Å². The molecule has 0 radical (unpaired) electrons. The van der Waals surface area contributed by atoms with Gasteiger partial charge in [0.25, 0.3) is 0 Å². The molecule has 1 aromatic heterocycles. The number of benzene rings is 1. The summed E-state index contributed by atoms with van der Waals surface area (Å²) in [6, 6.07) is 12.5. The number of nitrogens with zero attached hydrogens (tertiary/aromatic N) is 2. The van der Waals surface area contributed by atoms with Crippen LogP contribution in [0, 0.1) is 6.92 Å². The Morgan fingerprint density at radius 1 is 1.10 bits per heavy atom. The maximum atomic E-state index is 4.46. The molecule has 1 heterocycles. The van der Waals surface area contributed by atoms with E-state index in [1.165, 1.54) is 5.56 Å². The van der Waals surface area contributed by atoms with E-state index in [2.05, 4.69) is 51.8 Å². The van der Waals surface area contributed by atoms with Crippen LogP contribution in [0.2, 0.25) is 0 Å². The smallest absolute Gasteiger partial charge is 0.224 e. The lowest BCUT2D eigenvalue weighted by Crippen LogP contribution is -2.12. The van der Waals surface area contributed by atoms with Crippen molar-refractivity contribution in [1.29, 1.82) is 0 Å². The Morgan fingerprint density at radius 2 is 1.85 bits per heavy atom. The molecule has 0 saturated carbocycles. The zero-order valence-electron chi connectivity index (χ0n) is 12.4. The Kier molecular flexibility index (Phi) is 4.93. The summed E-state index contributed by atoms with van der Waals surface area (Å²) in [4.78, 5) is 8.80. The highest BCUT2D eigenvalue weighted by molar-refractivity contribution is 5.42. The zero-order chi connectivity index (χ0) is 14.4. The van der Waals surface area contributed by atoms with Gasteiger partial charge in [0, 0.05) is 24.8 Å². The van der Waals surface area contributed by atoms with Crippen molar-refractivity contribution in [3.8, 4) is 0 Å². The third kappa shape index (κ3) is 3.95. The maximum absolute atomic E-state index is 4.46. The van der Waals surface area contributed by atoms with Crippen molar-refractivity contribution in [3.05, 3.63) is 47.7 Å². The number of hydrogen-bond donors (Lipinski definition) is 2. The van der Waals surface area contributed by atoms with Crippen LogP contribution >= 0.6 is 0 Å². The van der Waals surface area contributed by atoms with Crippen LogP contribution in [-0.2, 0) is 0 Å². The van der Waals surface area contributed by atoms with Crippen LogP contribution in [0.3, 0.4) is 0 Å². The number of aromatic nitrogens is 2. The fraction of sp³-hybridized carbons (Fsp3) is 0.375. The number of hydrogen-bond acceptors (Lipinski definition) is 4. The van der Waals surface area contributed by atoms with Crippen molar-refractivity contribution in [2.75, 3.05) is 23.7 Å². The molecule has 20 heavy (non-hydrogen) atoms. The van der Waals surface area contributed by atoms with Gasteiger partial charge < -0.3 is 10.6 Å². The van der Waals surface area contributed by atoms with Gasteiger partial charge >= 0.3 is 0 Å². The predicted molar refractivity (Wildman–Crippen MR) is 84.3 cm³/mol. The highest BCUT2D eigenvalue weighted by atomic mass is 15.1. The van der Waals surface area contributed by atoms with Gasteiger partial charge in [0.2, 0.25) is 5.95 Å². The van der Waals surface area contributed by atoms with Gasteiger partial charge in [-0.2, -0.15) is 4.98 Å². The number of aryl methyl sites for hydroxylation is 1. The monoisotopic (exact) mass is 270 g/mol. The van der Waals surface area contributed by atoms with Gasteiger partial charge in [0.15, 0.2) is 0 Å². The van der Waals surface area contributed by atoms with Crippen LogP contribution in [0.25, 0.3) is 0 Å². The molecule has 1 unspecified atom stereocenters. The lowest BCUT2D eigenvalue weighted by atomic mass is 10.0. The van der Waals surface area contributed by atoms with Crippen molar-refractivity contribution >= 4 is 11.8 Å². The topological polar surface area (TPSA) is 49.8 Å². The maximum Gasteiger partial charge on any atom is 0.224 e. The first-order chi connectivity index (χ1) is 9.69. The molecule has 106 valence electrons. The molecule has 0 aliphatic carbocycles. The SMILES string of the molecule is CCNc1nc(C)cc(NCC(C)c2ccccc2)n1. The molecule has 0 spiro atoms. The first-order valence-corrected chi connectivity index (χ1v) is 7.07. The van der Waals surface area contributed by atoms with E-state index in [4.69, 9.17) is 0 Å². The minimum Gasteiger partial charge on any atom is -0.369 e. The molecule has 4 heteroatoms. The summed E-state index contributed by atoms with van der Waals surface area (Å²) >= 11 is 0. The third-order valence-corrected chi connectivity index (χ3v) is 3.15. The Labute approximate surface area is 120 Å². The van der Waals surface area contributed by atoms with Gasteiger partial charge in [0.1, 0.15) is 5.82 Å². The van der Waals surface area contributed by atoms with Crippen LogP contribution in [-0.4, -0.2) is 23.1 Å². The summed E-state index contributed by atoms with van der Waals surface area (Å²) in [6.45, 7) is 7.90.